The van der Waals surface area contributed by atoms with Crippen LogP contribution in [-0.2, 0) is 6.54 Å². The van der Waals surface area contributed by atoms with Crippen molar-refractivity contribution in [3.8, 4) is 0 Å². The maximum absolute atomic E-state index is 5.98. The predicted molar refractivity (Wildman–Crippen MR) is 96.7 cm³/mol. The van der Waals surface area contributed by atoms with E-state index in [0.29, 0.717) is 5.25 Å². The summed E-state index contributed by atoms with van der Waals surface area (Å²) in [5, 5.41) is 1.46. The minimum atomic E-state index is 0.653. The molecule has 0 fully saturated rings. The van der Waals surface area contributed by atoms with Gasteiger partial charge in [0.25, 0.3) is 0 Å². The van der Waals surface area contributed by atoms with Crippen molar-refractivity contribution in [3.63, 3.8) is 0 Å². The lowest BCUT2D eigenvalue weighted by Crippen LogP contribution is -2.08. The number of hydrogen-bond acceptors (Lipinski definition) is 2. The molecule has 1 heterocycles. The van der Waals surface area contributed by atoms with E-state index in [-0.39, 0.29) is 0 Å². The van der Waals surface area contributed by atoms with Gasteiger partial charge < -0.3 is 4.57 Å². The van der Waals surface area contributed by atoms with Crippen molar-refractivity contribution in [2.45, 2.75) is 62.1 Å². The molecule has 0 aliphatic heterocycles. The van der Waals surface area contributed by atoms with E-state index in [1.807, 2.05) is 42.6 Å². The third-order valence-electron chi connectivity index (χ3n) is 3.76. The molecule has 0 N–H and O–H groups in total. The van der Waals surface area contributed by atoms with Gasteiger partial charge in [-0.1, -0.05) is 44.2 Å². The SMILES string of the molecule is CCCCCCC(CCn1ccnc1)Sc1ccc(Cl)cc1. The summed E-state index contributed by atoms with van der Waals surface area (Å²) in [5.74, 6) is 0. The highest BCUT2D eigenvalue weighted by Gasteiger charge is 2.11. The maximum atomic E-state index is 5.98. The van der Waals surface area contributed by atoms with Gasteiger partial charge >= 0.3 is 0 Å². The lowest BCUT2D eigenvalue weighted by molar-refractivity contribution is 0.560. The number of benzene rings is 1. The zero-order chi connectivity index (χ0) is 15.6. The van der Waals surface area contributed by atoms with Gasteiger partial charge in [-0.05, 0) is 37.1 Å². The molecule has 22 heavy (non-hydrogen) atoms. The van der Waals surface area contributed by atoms with Crippen LogP contribution < -0.4 is 0 Å². The molecule has 4 heteroatoms. The lowest BCUT2D eigenvalue weighted by Gasteiger charge is -2.17. The molecule has 0 spiro atoms. The fourth-order valence-electron chi connectivity index (χ4n) is 2.48. The summed E-state index contributed by atoms with van der Waals surface area (Å²) in [6, 6.07) is 8.22. The summed E-state index contributed by atoms with van der Waals surface area (Å²) in [5.41, 5.74) is 0. The molecule has 1 aromatic heterocycles. The third-order valence-corrected chi connectivity index (χ3v) is 5.37. The minimum absolute atomic E-state index is 0.653. The van der Waals surface area contributed by atoms with E-state index in [1.165, 1.54) is 43.4 Å². The van der Waals surface area contributed by atoms with Crippen molar-refractivity contribution < 1.29 is 0 Å². The Labute approximate surface area is 143 Å². The first kappa shape index (κ1) is 17.4. The van der Waals surface area contributed by atoms with Crippen molar-refractivity contribution in [3.05, 3.63) is 48.0 Å². The van der Waals surface area contributed by atoms with E-state index in [4.69, 9.17) is 11.6 Å². The normalized spacial score (nSPS) is 12.5. The Morgan fingerprint density at radius 1 is 1.14 bits per heavy atom. The first-order chi connectivity index (χ1) is 10.8. The maximum Gasteiger partial charge on any atom is 0.0945 e. The Kier molecular flexibility index (Phi) is 7.89. The van der Waals surface area contributed by atoms with Crippen molar-refractivity contribution >= 4 is 23.4 Å². The molecular formula is C18H25ClN2S. The first-order valence-corrected chi connectivity index (χ1v) is 9.41. The average Bonchev–Trinajstić information content (AvgIpc) is 3.04. The second-order valence-corrected chi connectivity index (χ2v) is 7.44. The van der Waals surface area contributed by atoms with Crippen LogP contribution in [0.15, 0.2) is 47.9 Å². The highest BCUT2D eigenvalue weighted by molar-refractivity contribution is 8.00. The molecule has 0 aliphatic carbocycles. The molecule has 0 radical (unpaired) electrons. The Morgan fingerprint density at radius 3 is 2.64 bits per heavy atom. The predicted octanol–water partition coefficient (Wildman–Crippen LogP) is 6.06. The summed E-state index contributed by atoms with van der Waals surface area (Å²) in [6.45, 7) is 3.30. The van der Waals surface area contributed by atoms with Gasteiger partial charge in [-0.2, -0.15) is 0 Å². The zero-order valence-electron chi connectivity index (χ0n) is 13.2. The zero-order valence-corrected chi connectivity index (χ0v) is 14.8. The Bertz CT molecular complexity index is 510. The van der Waals surface area contributed by atoms with Crippen LogP contribution in [0.3, 0.4) is 0 Å². The van der Waals surface area contributed by atoms with Crippen LogP contribution in [0.4, 0.5) is 0 Å². The van der Waals surface area contributed by atoms with Crippen LogP contribution in [0, 0.1) is 0 Å². The van der Waals surface area contributed by atoms with E-state index in [1.54, 1.807) is 0 Å². The van der Waals surface area contributed by atoms with Gasteiger partial charge in [0.05, 0.1) is 6.33 Å². The van der Waals surface area contributed by atoms with Gasteiger partial charge in [-0.15, -0.1) is 11.8 Å². The molecule has 0 saturated heterocycles. The Morgan fingerprint density at radius 2 is 1.95 bits per heavy atom. The highest BCUT2D eigenvalue weighted by atomic mass is 35.5. The molecule has 1 atom stereocenters. The van der Waals surface area contributed by atoms with E-state index >= 15 is 0 Å². The lowest BCUT2D eigenvalue weighted by atomic mass is 10.1. The number of hydrogen-bond donors (Lipinski definition) is 0. The molecule has 120 valence electrons. The molecule has 0 bridgehead atoms. The van der Waals surface area contributed by atoms with Crippen LogP contribution >= 0.6 is 23.4 Å². The van der Waals surface area contributed by atoms with Gasteiger partial charge in [0, 0.05) is 34.1 Å². The molecule has 0 amide bonds. The van der Waals surface area contributed by atoms with Crippen LogP contribution in [0.2, 0.25) is 5.02 Å². The molecule has 2 rings (SSSR count). The van der Waals surface area contributed by atoms with Gasteiger partial charge in [0.15, 0.2) is 0 Å². The molecule has 1 aromatic carbocycles. The minimum Gasteiger partial charge on any atom is -0.337 e. The van der Waals surface area contributed by atoms with Crippen molar-refractivity contribution in [1.82, 2.24) is 9.55 Å². The molecule has 1 unspecified atom stereocenters. The number of thioether (sulfide) groups is 1. The third kappa shape index (κ3) is 6.45. The van der Waals surface area contributed by atoms with Crippen LogP contribution in [0.5, 0.6) is 0 Å². The second kappa shape index (κ2) is 9.96. The number of halogens is 1. The topological polar surface area (TPSA) is 17.8 Å². The van der Waals surface area contributed by atoms with E-state index in [2.05, 4.69) is 28.6 Å². The summed E-state index contributed by atoms with van der Waals surface area (Å²) in [7, 11) is 0. The number of unbranched alkanes of at least 4 members (excludes halogenated alkanes) is 3. The van der Waals surface area contributed by atoms with Gasteiger partial charge in [0.2, 0.25) is 0 Å². The van der Waals surface area contributed by atoms with E-state index in [0.717, 1.165) is 11.6 Å². The number of rotatable bonds is 10. The molecule has 0 aliphatic rings. The highest BCUT2D eigenvalue weighted by Crippen LogP contribution is 2.30. The van der Waals surface area contributed by atoms with Crippen LogP contribution in [0.25, 0.3) is 0 Å². The standard InChI is InChI=1S/C18H25ClN2S/c1-2-3-4-5-6-17(11-13-21-14-12-20-15-21)22-18-9-7-16(19)8-10-18/h7-10,12,14-15,17H,2-6,11,13H2,1H3. The van der Waals surface area contributed by atoms with Crippen molar-refractivity contribution in [2.75, 3.05) is 0 Å². The quantitative estimate of drug-likeness (QED) is 0.388. The number of aromatic nitrogens is 2. The van der Waals surface area contributed by atoms with Crippen LogP contribution in [0.1, 0.15) is 45.4 Å². The van der Waals surface area contributed by atoms with Gasteiger partial charge in [0.1, 0.15) is 0 Å². The number of nitrogens with zero attached hydrogens (tertiary/aromatic N) is 2. The van der Waals surface area contributed by atoms with Gasteiger partial charge in [-0.3, -0.25) is 0 Å². The first-order valence-electron chi connectivity index (χ1n) is 8.16. The smallest absolute Gasteiger partial charge is 0.0945 e. The van der Waals surface area contributed by atoms with E-state index < -0.39 is 0 Å². The number of imidazole rings is 1. The Hall–Kier alpha value is -0.930. The molecule has 0 saturated carbocycles. The fourth-order valence-corrected chi connectivity index (χ4v) is 3.79. The molecule has 2 nitrogen and oxygen atoms in total. The molecular weight excluding hydrogens is 312 g/mol. The van der Waals surface area contributed by atoms with Crippen LogP contribution in [-0.4, -0.2) is 14.8 Å². The number of aryl methyl sites for hydroxylation is 1. The van der Waals surface area contributed by atoms with Crippen molar-refractivity contribution in [1.29, 1.82) is 0 Å². The summed E-state index contributed by atoms with van der Waals surface area (Å²) < 4.78 is 2.17. The van der Waals surface area contributed by atoms with E-state index in [9.17, 15) is 0 Å². The average molecular weight is 337 g/mol. The summed E-state index contributed by atoms with van der Waals surface area (Å²) >= 11 is 7.96. The second-order valence-electron chi connectivity index (χ2n) is 5.63. The largest absolute Gasteiger partial charge is 0.337 e. The summed E-state index contributed by atoms with van der Waals surface area (Å²) in [6.07, 6.45) is 13.6. The fraction of sp³-hybridized carbons (Fsp3) is 0.500. The molecule has 2 aromatic rings. The monoisotopic (exact) mass is 336 g/mol. The van der Waals surface area contributed by atoms with Gasteiger partial charge in [-0.25, -0.2) is 4.98 Å². The van der Waals surface area contributed by atoms with Crippen molar-refractivity contribution in [2.24, 2.45) is 0 Å². The summed E-state index contributed by atoms with van der Waals surface area (Å²) in [4.78, 5) is 5.44. The Balaban J connectivity index is 1.86.